The van der Waals surface area contributed by atoms with Crippen molar-refractivity contribution in [1.82, 2.24) is 5.32 Å². The Labute approximate surface area is 160 Å². The average molecular weight is 383 g/mol. The first-order valence-corrected chi connectivity index (χ1v) is 8.69. The second kappa shape index (κ2) is 6.33. The number of imide groups is 2. The fourth-order valence-corrected chi connectivity index (χ4v) is 3.87. The number of anilines is 2. The molecule has 1 N–H and O–H groups in total. The van der Waals surface area contributed by atoms with Crippen molar-refractivity contribution in [2.24, 2.45) is 5.41 Å². The molecular formula is C20H18FN3O4. The van der Waals surface area contributed by atoms with Gasteiger partial charge in [0.25, 0.3) is 5.91 Å². The SMILES string of the molecule is COc1ccc2c(c1)C[C@]1(CN2C)C(=O)NC(=O)N(c2ccc(F)cc2)C1=O. The van der Waals surface area contributed by atoms with Crippen LogP contribution in [0.5, 0.6) is 5.75 Å². The van der Waals surface area contributed by atoms with Crippen LogP contribution in [0.4, 0.5) is 20.6 Å². The van der Waals surface area contributed by atoms with Crippen LogP contribution in [0.1, 0.15) is 5.56 Å². The normalized spacial score (nSPS) is 21.6. The van der Waals surface area contributed by atoms with E-state index in [9.17, 15) is 18.8 Å². The van der Waals surface area contributed by atoms with E-state index >= 15 is 0 Å². The number of methoxy groups -OCH3 is 1. The Kier molecular flexibility index (Phi) is 4.06. The topological polar surface area (TPSA) is 79.0 Å². The summed E-state index contributed by atoms with van der Waals surface area (Å²) in [5.74, 6) is -1.15. The minimum Gasteiger partial charge on any atom is -0.497 e. The molecule has 8 heteroatoms. The Morgan fingerprint density at radius 2 is 1.82 bits per heavy atom. The molecule has 2 aromatic rings. The van der Waals surface area contributed by atoms with Gasteiger partial charge in [-0.15, -0.1) is 0 Å². The number of benzene rings is 2. The van der Waals surface area contributed by atoms with E-state index in [0.29, 0.717) is 5.75 Å². The Hall–Kier alpha value is -3.42. The van der Waals surface area contributed by atoms with Crippen LogP contribution in [0.15, 0.2) is 42.5 Å². The summed E-state index contributed by atoms with van der Waals surface area (Å²) in [6, 6.07) is 9.61. The minimum absolute atomic E-state index is 0.113. The van der Waals surface area contributed by atoms with E-state index in [-0.39, 0.29) is 18.7 Å². The van der Waals surface area contributed by atoms with Crippen molar-refractivity contribution < 1.29 is 23.5 Å². The zero-order chi connectivity index (χ0) is 20.1. The molecule has 144 valence electrons. The van der Waals surface area contributed by atoms with Gasteiger partial charge < -0.3 is 9.64 Å². The van der Waals surface area contributed by atoms with Gasteiger partial charge in [0.1, 0.15) is 11.6 Å². The van der Waals surface area contributed by atoms with E-state index in [1.807, 2.05) is 17.0 Å². The smallest absolute Gasteiger partial charge is 0.335 e. The lowest BCUT2D eigenvalue weighted by Gasteiger charge is -2.45. The van der Waals surface area contributed by atoms with Crippen LogP contribution >= 0.6 is 0 Å². The largest absolute Gasteiger partial charge is 0.497 e. The first kappa shape index (κ1) is 18.0. The third-order valence-electron chi connectivity index (χ3n) is 5.25. The summed E-state index contributed by atoms with van der Waals surface area (Å²) in [6.45, 7) is 0.113. The summed E-state index contributed by atoms with van der Waals surface area (Å²) in [4.78, 5) is 41.4. The van der Waals surface area contributed by atoms with Gasteiger partial charge in [0.05, 0.1) is 12.8 Å². The average Bonchev–Trinajstić information content (AvgIpc) is 2.67. The maximum Gasteiger partial charge on any atom is 0.335 e. The predicted octanol–water partition coefficient (Wildman–Crippen LogP) is 2.10. The minimum atomic E-state index is -1.48. The molecule has 4 rings (SSSR count). The molecule has 0 aromatic heterocycles. The van der Waals surface area contributed by atoms with Crippen molar-refractivity contribution in [3.63, 3.8) is 0 Å². The molecule has 1 spiro atoms. The Morgan fingerprint density at radius 3 is 2.50 bits per heavy atom. The van der Waals surface area contributed by atoms with Crippen LogP contribution in [0.25, 0.3) is 0 Å². The number of amides is 4. The summed E-state index contributed by atoms with van der Waals surface area (Å²) >= 11 is 0. The van der Waals surface area contributed by atoms with E-state index in [0.717, 1.165) is 28.3 Å². The molecule has 0 unspecified atom stereocenters. The summed E-state index contributed by atoms with van der Waals surface area (Å²) in [5, 5.41) is 2.29. The van der Waals surface area contributed by atoms with Crippen LogP contribution in [0.3, 0.4) is 0 Å². The van der Waals surface area contributed by atoms with Crippen LogP contribution in [-0.2, 0) is 16.0 Å². The molecule has 0 saturated carbocycles. The van der Waals surface area contributed by atoms with Crippen molar-refractivity contribution in [3.05, 3.63) is 53.8 Å². The number of urea groups is 1. The fraction of sp³-hybridized carbons (Fsp3) is 0.250. The van der Waals surface area contributed by atoms with Crippen molar-refractivity contribution in [2.75, 3.05) is 30.5 Å². The molecule has 0 bridgehead atoms. The fourth-order valence-electron chi connectivity index (χ4n) is 3.87. The van der Waals surface area contributed by atoms with Crippen molar-refractivity contribution >= 4 is 29.2 Å². The number of nitrogens with zero attached hydrogens (tertiary/aromatic N) is 2. The highest BCUT2D eigenvalue weighted by molar-refractivity contribution is 6.30. The van der Waals surface area contributed by atoms with Crippen LogP contribution in [0.2, 0.25) is 0 Å². The molecule has 2 heterocycles. The number of carbonyl (C=O) groups excluding carboxylic acids is 3. The molecule has 2 aliphatic rings. The van der Waals surface area contributed by atoms with E-state index in [1.165, 1.54) is 19.2 Å². The monoisotopic (exact) mass is 383 g/mol. The first-order chi connectivity index (χ1) is 13.4. The lowest BCUT2D eigenvalue weighted by molar-refractivity contribution is -0.142. The summed E-state index contributed by atoms with van der Waals surface area (Å²) < 4.78 is 18.5. The highest BCUT2D eigenvalue weighted by atomic mass is 19.1. The number of fused-ring (bicyclic) bond motifs is 1. The highest BCUT2D eigenvalue weighted by Gasteiger charge is 2.56. The number of nitrogens with one attached hydrogen (secondary N) is 1. The second-order valence-electron chi connectivity index (χ2n) is 6.99. The summed E-state index contributed by atoms with van der Waals surface area (Å²) in [6.07, 6.45) is 0.125. The number of hydrogen-bond acceptors (Lipinski definition) is 5. The van der Waals surface area contributed by atoms with Crippen LogP contribution in [0, 0.1) is 11.2 Å². The van der Waals surface area contributed by atoms with E-state index < -0.39 is 29.1 Å². The standard InChI is InChI=1S/C20H18FN3O4/c1-23-11-20(10-12-9-15(28-2)7-8-16(12)23)17(25)22-19(27)24(18(20)26)14-5-3-13(21)4-6-14/h3-9H,10-11H2,1-2H3,(H,22,25,27)/t20-/m0/s1. The van der Waals surface area contributed by atoms with Gasteiger partial charge in [-0.1, -0.05) is 0 Å². The lowest BCUT2D eigenvalue weighted by Crippen LogP contribution is -2.68. The Morgan fingerprint density at radius 1 is 1.11 bits per heavy atom. The van der Waals surface area contributed by atoms with E-state index in [1.54, 1.807) is 13.1 Å². The third kappa shape index (κ3) is 2.60. The number of ether oxygens (including phenoxy) is 1. The van der Waals surface area contributed by atoms with Crippen molar-refractivity contribution in [2.45, 2.75) is 6.42 Å². The summed E-state index contributed by atoms with van der Waals surface area (Å²) in [5.41, 5.74) is 0.383. The zero-order valence-electron chi connectivity index (χ0n) is 15.4. The molecule has 7 nitrogen and oxygen atoms in total. The second-order valence-corrected chi connectivity index (χ2v) is 6.99. The van der Waals surface area contributed by atoms with Gasteiger partial charge in [0, 0.05) is 19.3 Å². The van der Waals surface area contributed by atoms with Gasteiger partial charge in [0.2, 0.25) is 5.91 Å². The number of halogens is 1. The van der Waals surface area contributed by atoms with Crippen molar-refractivity contribution in [1.29, 1.82) is 0 Å². The predicted molar refractivity (Wildman–Crippen MR) is 99.8 cm³/mol. The maximum atomic E-state index is 13.4. The molecule has 0 aliphatic carbocycles. The molecule has 0 radical (unpaired) electrons. The van der Waals surface area contributed by atoms with Gasteiger partial charge in [-0.2, -0.15) is 0 Å². The lowest BCUT2D eigenvalue weighted by atomic mass is 9.74. The van der Waals surface area contributed by atoms with Crippen LogP contribution in [-0.4, -0.2) is 38.5 Å². The van der Waals surface area contributed by atoms with Gasteiger partial charge in [-0.25, -0.2) is 14.1 Å². The zero-order valence-corrected chi connectivity index (χ0v) is 15.4. The van der Waals surface area contributed by atoms with Gasteiger partial charge in [-0.3, -0.25) is 14.9 Å². The van der Waals surface area contributed by atoms with Gasteiger partial charge in [0.15, 0.2) is 5.41 Å². The van der Waals surface area contributed by atoms with Crippen LogP contribution < -0.4 is 19.9 Å². The Balaban J connectivity index is 1.79. The van der Waals surface area contributed by atoms with E-state index in [4.69, 9.17) is 4.74 Å². The van der Waals surface area contributed by atoms with Gasteiger partial charge in [-0.05, 0) is 54.4 Å². The molecular weight excluding hydrogens is 365 g/mol. The third-order valence-corrected chi connectivity index (χ3v) is 5.25. The molecule has 1 atom stereocenters. The van der Waals surface area contributed by atoms with E-state index in [2.05, 4.69) is 5.32 Å². The molecule has 1 saturated heterocycles. The molecule has 1 fully saturated rings. The highest BCUT2D eigenvalue weighted by Crippen LogP contribution is 2.41. The van der Waals surface area contributed by atoms with Crippen molar-refractivity contribution in [3.8, 4) is 5.75 Å². The molecule has 4 amide bonds. The number of rotatable bonds is 2. The van der Waals surface area contributed by atoms with Gasteiger partial charge >= 0.3 is 6.03 Å². The quantitative estimate of drug-likeness (QED) is 0.804. The Bertz CT molecular complexity index is 991. The number of hydrogen-bond donors (Lipinski definition) is 1. The number of barbiturate groups is 1. The number of carbonyl (C=O) groups is 3. The molecule has 2 aliphatic heterocycles. The maximum absolute atomic E-state index is 13.4. The summed E-state index contributed by atoms with van der Waals surface area (Å²) in [7, 11) is 3.32. The molecule has 28 heavy (non-hydrogen) atoms. The first-order valence-electron chi connectivity index (χ1n) is 8.69. The molecule has 2 aromatic carbocycles.